The van der Waals surface area contributed by atoms with Gasteiger partial charge in [-0.1, -0.05) is 44.2 Å². The summed E-state index contributed by atoms with van der Waals surface area (Å²) in [6, 6.07) is 10.7. The molecule has 0 aliphatic carbocycles. The van der Waals surface area contributed by atoms with Crippen LogP contribution >= 0.6 is 0 Å². The van der Waals surface area contributed by atoms with E-state index in [2.05, 4.69) is 24.3 Å². The molecule has 0 fully saturated rings. The van der Waals surface area contributed by atoms with Crippen molar-refractivity contribution in [1.82, 2.24) is 15.1 Å². The van der Waals surface area contributed by atoms with Crippen LogP contribution in [0.25, 0.3) is 0 Å². The highest BCUT2D eigenvalue weighted by Gasteiger charge is 2.33. The SMILES string of the molecule is CC(C)C(CNC(=O)Cn1ccc(C(F)(F)F)n1)c1ccccc1. The molecule has 4 nitrogen and oxygen atoms in total. The number of nitrogens with one attached hydrogen (secondary N) is 1. The summed E-state index contributed by atoms with van der Waals surface area (Å²) in [6.45, 7) is 4.31. The maximum Gasteiger partial charge on any atom is 0.435 e. The molecule has 24 heavy (non-hydrogen) atoms. The van der Waals surface area contributed by atoms with E-state index in [0.717, 1.165) is 22.5 Å². The fraction of sp³-hybridized carbons (Fsp3) is 0.412. The van der Waals surface area contributed by atoms with E-state index >= 15 is 0 Å². The molecule has 1 amide bonds. The Kier molecular flexibility index (Phi) is 5.64. The molecule has 0 saturated heterocycles. The summed E-state index contributed by atoms with van der Waals surface area (Å²) < 4.78 is 38.5. The Hall–Kier alpha value is -2.31. The van der Waals surface area contributed by atoms with Gasteiger partial charge in [-0.2, -0.15) is 18.3 Å². The molecule has 0 spiro atoms. The van der Waals surface area contributed by atoms with Crippen molar-refractivity contribution in [2.24, 2.45) is 5.92 Å². The van der Waals surface area contributed by atoms with Crippen LogP contribution in [0, 0.1) is 5.92 Å². The summed E-state index contributed by atoms with van der Waals surface area (Å²) in [4.78, 5) is 12.0. The van der Waals surface area contributed by atoms with Crippen LogP contribution in [0.5, 0.6) is 0 Å². The largest absolute Gasteiger partial charge is 0.435 e. The molecule has 0 radical (unpaired) electrons. The maximum absolute atomic E-state index is 12.5. The Morgan fingerprint density at radius 3 is 2.42 bits per heavy atom. The molecule has 0 aliphatic rings. The van der Waals surface area contributed by atoms with Gasteiger partial charge in [-0.25, -0.2) is 0 Å². The predicted molar refractivity (Wildman–Crippen MR) is 84.3 cm³/mol. The van der Waals surface area contributed by atoms with Gasteiger partial charge in [0.2, 0.25) is 5.91 Å². The minimum atomic E-state index is -4.50. The molecule has 2 rings (SSSR count). The number of rotatable bonds is 6. The molecular formula is C17H20F3N3O. The zero-order chi connectivity index (χ0) is 17.7. The lowest BCUT2D eigenvalue weighted by atomic mass is 9.88. The van der Waals surface area contributed by atoms with Crippen LogP contribution in [0.3, 0.4) is 0 Å². The van der Waals surface area contributed by atoms with Gasteiger partial charge >= 0.3 is 6.18 Å². The summed E-state index contributed by atoms with van der Waals surface area (Å²) in [5, 5.41) is 6.15. The Morgan fingerprint density at radius 2 is 1.88 bits per heavy atom. The van der Waals surface area contributed by atoms with E-state index in [-0.39, 0.29) is 18.4 Å². The summed E-state index contributed by atoms with van der Waals surface area (Å²) in [5.41, 5.74) is 0.117. The molecule has 1 aromatic carbocycles. The van der Waals surface area contributed by atoms with Gasteiger partial charge in [-0.05, 0) is 17.5 Å². The van der Waals surface area contributed by atoms with Crippen molar-refractivity contribution in [3.63, 3.8) is 0 Å². The first-order chi connectivity index (χ1) is 11.3. The zero-order valence-corrected chi connectivity index (χ0v) is 13.5. The summed E-state index contributed by atoms with van der Waals surface area (Å²) in [5.74, 6) is 0.0844. The molecule has 0 bridgehead atoms. The van der Waals surface area contributed by atoms with E-state index in [9.17, 15) is 18.0 Å². The Morgan fingerprint density at radius 1 is 1.21 bits per heavy atom. The fourth-order valence-electron chi connectivity index (χ4n) is 2.47. The first-order valence-electron chi connectivity index (χ1n) is 7.69. The van der Waals surface area contributed by atoms with E-state index in [4.69, 9.17) is 0 Å². The average Bonchev–Trinajstić information content (AvgIpc) is 2.97. The zero-order valence-electron chi connectivity index (χ0n) is 13.5. The molecule has 2 aromatic rings. The van der Waals surface area contributed by atoms with Crippen LogP contribution in [-0.2, 0) is 17.5 Å². The monoisotopic (exact) mass is 339 g/mol. The molecule has 1 atom stereocenters. The average molecular weight is 339 g/mol. The van der Waals surface area contributed by atoms with E-state index in [1.165, 1.54) is 0 Å². The van der Waals surface area contributed by atoms with Crippen molar-refractivity contribution in [1.29, 1.82) is 0 Å². The first kappa shape index (κ1) is 18.0. The van der Waals surface area contributed by atoms with E-state index in [1.807, 2.05) is 30.3 Å². The molecule has 130 valence electrons. The Labute approximate surface area is 138 Å². The maximum atomic E-state index is 12.5. The summed E-state index contributed by atoms with van der Waals surface area (Å²) in [7, 11) is 0. The van der Waals surface area contributed by atoms with Gasteiger partial charge in [0.1, 0.15) is 6.54 Å². The van der Waals surface area contributed by atoms with Crippen LogP contribution in [0.15, 0.2) is 42.6 Å². The Balaban J connectivity index is 1.93. The van der Waals surface area contributed by atoms with E-state index < -0.39 is 11.9 Å². The van der Waals surface area contributed by atoms with Crippen molar-refractivity contribution in [2.75, 3.05) is 6.54 Å². The number of hydrogen-bond acceptors (Lipinski definition) is 2. The van der Waals surface area contributed by atoms with Gasteiger partial charge < -0.3 is 5.32 Å². The number of carbonyl (C=O) groups is 1. The smallest absolute Gasteiger partial charge is 0.354 e. The molecule has 7 heteroatoms. The lowest BCUT2D eigenvalue weighted by molar-refractivity contribution is -0.141. The third kappa shape index (κ3) is 4.84. The van der Waals surface area contributed by atoms with Crippen LogP contribution in [0.2, 0.25) is 0 Å². The Bertz CT molecular complexity index is 665. The molecular weight excluding hydrogens is 319 g/mol. The second-order valence-corrected chi connectivity index (χ2v) is 5.96. The third-order valence-electron chi connectivity index (χ3n) is 3.79. The number of alkyl halides is 3. The predicted octanol–water partition coefficient (Wildman–Crippen LogP) is 3.46. The highest BCUT2D eigenvalue weighted by Crippen LogP contribution is 2.27. The molecule has 1 N–H and O–H groups in total. The molecule has 1 unspecified atom stereocenters. The van der Waals surface area contributed by atoms with Gasteiger partial charge in [0.15, 0.2) is 5.69 Å². The minimum Gasteiger partial charge on any atom is -0.354 e. The topological polar surface area (TPSA) is 46.9 Å². The normalized spacial score (nSPS) is 13.1. The number of nitrogens with zero attached hydrogens (tertiary/aromatic N) is 2. The van der Waals surface area contributed by atoms with Crippen molar-refractivity contribution < 1.29 is 18.0 Å². The van der Waals surface area contributed by atoms with E-state index in [0.29, 0.717) is 12.5 Å². The number of carbonyl (C=O) groups excluding carboxylic acids is 1. The first-order valence-corrected chi connectivity index (χ1v) is 7.69. The van der Waals surface area contributed by atoms with Gasteiger partial charge in [0.05, 0.1) is 0 Å². The summed E-state index contributed by atoms with van der Waals surface area (Å²) >= 11 is 0. The highest BCUT2D eigenvalue weighted by atomic mass is 19.4. The third-order valence-corrected chi connectivity index (χ3v) is 3.79. The number of halogens is 3. The second-order valence-electron chi connectivity index (χ2n) is 5.96. The van der Waals surface area contributed by atoms with Gasteiger partial charge in [0.25, 0.3) is 0 Å². The van der Waals surface area contributed by atoms with E-state index in [1.54, 1.807) is 0 Å². The summed E-state index contributed by atoms with van der Waals surface area (Å²) in [6.07, 6.45) is -3.35. The van der Waals surface area contributed by atoms with Crippen LogP contribution in [0.4, 0.5) is 13.2 Å². The lowest BCUT2D eigenvalue weighted by Gasteiger charge is -2.22. The van der Waals surface area contributed by atoms with Crippen LogP contribution < -0.4 is 5.32 Å². The van der Waals surface area contributed by atoms with Crippen molar-refractivity contribution in [3.8, 4) is 0 Å². The van der Waals surface area contributed by atoms with Gasteiger partial charge in [0, 0.05) is 18.7 Å². The van der Waals surface area contributed by atoms with Crippen LogP contribution in [0.1, 0.15) is 31.0 Å². The van der Waals surface area contributed by atoms with Gasteiger partial charge in [-0.3, -0.25) is 9.48 Å². The lowest BCUT2D eigenvalue weighted by Crippen LogP contribution is -2.33. The van der Waals surface area contributed by atoms with Crippen molar-refractivity contribution in [2.45, 2.75) is 32.5 Å². The molecule has 0 saturated carbocycles. The second kappa shape index (κ2) is 7.51. The molecule has 0 aliphatic heterocycles. The number of aromatic nitrogens is 2. The molecule has 1 heterocycles. The molecule has 1 aromatic heterocycles. The minimum absolute atomic E-state index is 0.138. The number of amides is 1. The number of hydrogen-bond donors (Lipinski definition) is 1. The van der Waals surface area contributed by atoms with Crippen molar-refractivity contribution in [3.05, 3.63) is 53.9 Å². The van der Waals surface area contributed by atoms with Crippen LogP contribution in [-0.4, -0.2) is 22.2 Å². The quantitative estimate of drug-likeness (QED) is 0.876. The fourth-order valence-corrected chi connectivity index (χ4v) is 2.47. The highest BCUT2D eigenvalue weighted by molar-refractivity contribution is 5.75. The van der Waals surface area contributed by atoms with Gasteiger partial charge in [-0.15, -0.1) is 0 Å². The number of benzene rings is 1. The van der Waals surface area contributed by atoms with Crippen molar-refractivity contribution >= 4 is 5.91 Å². The standard InChI is InChI=1S/C17H20F3N3O/c1-12(2)14(13-6-4-3-5-7-13)10-21-16(24)11-23-9-8-15(22-23)17(18,19)20/h3-9,12,14H,10-11H2,1-2H3,(H,21,24).